The summed E-state index contributed by atoms with van der Waals surface area (Å²) in [5, 5.41) is 17.2. The molecule has 0 aliphatic rings. The summed E-state index contributed by atoms with van der Waals surface area (Å²) in [6.07, 6.45) is -0.153. The molecule has 0 aliphatic carbocycles. The fourth-order valence-corrected chi connectivity index (χ4v) is 4.93. The van der Waals surface area contributed by atoms with Crippen LogP contribution in [-0.4, -0.2) is 53.1 Å². The van der Waals surface area contributed by atoms with Crippen LogP contribution in [0.15, 0.2) is 60.7 Å². The van der Waals surface area contributed by atoms with Gasteiger partial charge in [0, 0.05) is 42.9 Å². The highest BCUT2D eigenvalue weighted by molar-refractivity contribution is 6.00. The van der Waals surface area contributed by atoms with Gasteiger partial charge in [0.05, 0.1) is 12.1 Å². The third kappa shape index (κ3) is 9.20. The molecule has 0 spiro atoms. The molecule has 3 rings (SSSR count). The second kappa shape index (κ2) is 14.8. The van der Waals surface area contributed by atoms with Crippen LogP contribution < -0.4 is 10.6 Å². The summed E-state index contributed by atoms with van der Waals surface area (Å²) in [6, 6.07) is 15.3. The predicted octanol–water partition coefficient (Wildman–Crippen LogP) is 5.20. The Morgan fingerprint density at radius 3 is 2.20 bits per heavy atom. The van der Waals surface area contributed by atoms with Gasteiger partial charge in [-0.05, 0) is 93.1 Å². The van der Waals surface area contributed by atoms with Gasteiger partial charge in [-0.1, -0.05) is 31.2 Å². The fraction of sp³-hybridized carbons (Fsp3) is 0.394. The van der Waals surface area contributed by atoms with Gasteiger partial charge < -0.3 is 20.6 Å². The number of hydrogen-bond acceptors (Lipinski definition) is 4. The Balaban J connectivity index is 1.81. The second-order valence-electron chi connectivity index (χ2n) is 10.7. The van der Waals surface area contributed by atoms with Gasteiger partial charge in [0.2, 0.25) is 0 Å². The van der Waals surface area contributed by atoms with Crippen LogP contribution in [0.2, 0.25) is 0 Å². The minimum atomic E-state index is -1.07. The molecule has 0 saturated carbocycles. The summed E-state index contributed by atoms with van der Waals surface area (Å²) in [6.45, 7) is 10.8. The van der Waals surface area contributed by atoms with Crippen LogP contribution in [-0.2, 0) is 19.4 Å². The van der Waals surface area contributed by atoms with Crippen LogP contribution in [0.25, 0.3) is 0 Å². The molecule has 2 amide bonds. The third-order valence-electron chi connectivity index (χ3n) is 7.05. The highest BCUT2D eigenvalue weighted by Gasteiger charge is 2.24. The first-order valence-corrected chi connectivity index (χ1v) is 14.2. The summed E-state index contributed by atoms with van der Waals surface area (Å²) < 4.78 is 27.9. The molecule has 3 aromatic carbocycles. The van der Waals surface area contributed by atoms with E-state index >= 15 is 0 Å². The average molecular weight is 566 g/mol. The Morgan fingerprint density at radius 1 is 0.902 bits per heavy atom. The monoisotopic (exact) mass is 565 g/mol. The topological polar surface area (TPSA) is 81.7 Å². The standard InChI is InChI=1S/C33H41F2N3O3/c1-6-23-9-8-10-24(13-23)19-36-20-31(39)30(16-25-14-28(34)18-29(35)15-25)37-32(40)26-11-22(5)12-27(17-26)33(41)38(7-2)21(3)4/h8-15,17-18,21,30-31,36,39H,6-7,16,19-20H2,1-5H3,(H,37,40)/t30-,31+/m0/s1. The Morgan fingerprint density at radius 2 is 1.56 bits per heavy atom. The average Bonchev–Trinajstić information content (AvgIpc) is 2.92. The number of hydrogen-bond donors (Lipinski definition) is 3. The van der Waals surface area contributed by atoms with Crippen LogP contribution in [0, 0.1) is 18.6 Å². The highest BCUT2D eigenvalue weighted by atomic mass is 19.1. The Labute approximate surface area is 241 Å². The van der Waals surface area contributed by atoms with Crippen LogP contribution in [0.1, 0.15) is 70.7 Å². The lowest BCUT2D eigenvalue weighted by atomic mass is 9.99. The molecule has 0 fully saturated rings. The van der Waals surface area contributed by atoms with Crippen molar-refractivity contribution >= 4 is 11.8 Å². The maximum atomic E-state index is 13.9. The van der Waals surface area contributed by atoms with Crippen molar-refractivity contribution < 1.29 is 23.5 Å². The fourth-order valence-electron chi connectivity index (χ4n) is 4.93. The number of carbonyl (C=O) groups is 2. The Kier molecular flexibility index (Phi) is 11.6. The molecule has 6 nitrogen and oxygen atoms in total. The van der Waals surface area contributed by atoms with Crippen molar-refractivity contribution in [2.45, 2.75) is 72.2 Å². The van der Waals surface area contributed by atoms with Crippen molar-refractivity contribution in [3.8, 4) is 0 Å². The maximum Gasteiger partial charge on any atom is 0.254 e. The van der Waals surface area contributed by atoms with Gasteiger partial charge in [-0.15, -0.1) is 0 Å². The first-order valence-electron chi connectivity index (χ1n) is 14.2. The Bertz CT molecular complexity index is 1320. The number of aliphatic hydroxyl groups is 1. The van der Waals surface area contributed by atoms with E-state index in [1.165, 1.54) is 17.7 Å². The zero-order valence-electron chi connectivity index (χ0n) is 24.5. The minimum Gasteiger partial charge on any atom is -0.390 e. The minimum absolute atomic E-state index is 0.00313. The number of aliphatic hydroxyl groups excluding tert-OH is 1. The number of nitrogens with zero attached hydrogens (tertiary/aromatic N) is 1. The van der Waals surface area contributed by atoms with Crippen molar-refractivity contribution in [1.29, 1.82) is 0 Å². The molecule has 0 saturated heterocycles. The number of aryl methyl sites for hydroxylation is 2. The zero-order chi connectivity index (χ0) is 30.1. The van der Waals surface area contributed by atoms with Gasteiger partial charge in [-0.25, -0.2) is 8.78 Å². The van der Waals surface area contributed by atoms with Crippen LogP contribution in [0.3, 0.4) is 0 Å². The SMILES string of the molecule is CCc1cccc(CNC[C@@H](O)[C@H](Cc2cc(F)cc(F)c2)NC(=O)c2cc(C)cc(C(=O)N(CC)C(C)C)c2)c1. The maximum absolute atomic E-state index is 13.9. The summed E-state index contributed by atoms with van der Waals surface area (Å²) >= 11 is 0. The van der Waals surface area contributed by atoms with E-state index in [0.29, 0.717) is 24.2 Å². The Hall–Kier alpha value is -3.62. The van der Waals surface area contributed by atoms with Gasteiger partial charge in [0.25, 0.3) is 11.8 Å². The lowest BCUT2D eigenvalue weighted by Crippen LogP contribution is -2.48. The summed E-state index contributed by atoms with van der Waals surface area (Å²) in [5.41, 5.74) is 3.96. The normalized spacial score (nSPS) is 12.7. The summed E-state index contributed by atoms with van der Waals surface area (Å²) in [7, 11) is 0. The molecule has 220 valence electrons. The van der Waals surface area contributed by atoms with Crippen molar-refractivity contribution in [2.24, 2.45) is 0 Å². The van der Waals surface area contributed by atoms with E-state index in [1.54, 1.807) is 30.0 Å². The number of rotatable bonds is 13. The molecule has 0 aromatic heterocycles. The lowest BCUT2D eigenvalue weighted by molar-refractivity contribution is 0.0716. The molecule has 0 radical (unpaired) electrons. The highest BCUT2D eigenvalue weighted by Crippen LogP contribution is 2.16. The quantitative estimate of drug-likeness (QED) is 0.266. The zero-order valence-corrected chi connectivity index (χ0v) is 24.5. The van der Waals surface area contributed by atoms with E-state index in [2.05, 4.69) is 29.7 Å². The summed E-state index contributed by atoms with van der Waals surface area (Å²) in [5.74, 6) is -2.14. The van der Waals surface area contributed by atoms with Gasteiger partial charge in [0.1, 0.15) is 11.6 Å². The van der Waals surface area contributed by atoms with Crippen molar-refractivity contribution in [2.75, 3.05) is 13.1 Å². The smallest absolute Gasteiger partial charge is 0.254 e. The third-order valence-corrected chi connectivity index (χ3v) is 7.05. The van der Waals surface area contributed by atoms with E-state index < -0.39 is 29.7 Å². The van der Waals surface area contributed by atoms with Crippen molar-refractivity contribution in [1.82, 2.24) is 15.5 Å². The molecule has 3 aromatic rings. The van der Waals surface area contributed by atoms with E-state index in [0.717, 1.165) is 23.6 Å². The molecule has 3 N–H and O–H groups in total. The molecule has 0 heterocycles. The van der Waals surface area contributed by atoms with Crippen molar-refractivity contribution in [3.05, 3.63) is 106 Å². The molecule has 41 heavy (non-hydrogen) atoms. The van der Waals surface area contributed by atoms with Gasteiger partial charge in [0.15, 0.2) is 0 Å². The van der Waals surface area contributed by atoms with Gasteiger partial charge in [-0.3, -0.25) is 9.59 Å². The predicted molar refractivity (Wildman–Crippen MR) is 158 cm³/mol. The second-order valence-corrected chi connectivity index (χ2v) is 10.7. The lowest BCUT2D eigenvalue weighted by Gasteiger charge is -2.26. The number of halogens is 2. The summed E-state index contributed by atoms with van der Waals surface area (Å²) in [4.78, 5) is 28.3. The van der Waals surface area contributed by atoms with E-state index in [1.807, 2.05) is 32.9 Å². The molecule has 2 atom stereocenters. The molecule has 0 bridgehead atoms. The van der Waals surface area contributed by atoms with Gasteiger partial charge in [-0.2, -0.15) is 0 Å². The number of carbonyl (C=O) groups excluding carboxylic acids is 2. The molecule has 8 heteroatoms. The molecular weight excluding hydrogens is 524 g/mol. The first kappa shape index (κ1) is 31.9. The number of benzene rings is 3. The van der Waals surface area contributed by atoms with Crippen LogP contribution in [0.5, 0.6) is 0 Å². The van der Waals surface area contributed by atoms with E-state index in [4.69, 9.17) is 0 Å². The van der Waals surface area contributed by atoms with Crippen LogP contribution >= 0.6 is 0 Å². The van der Waals surface area contributed by atoms with Crippen LogP contribution in [0.4, 0.5) is 8.78 Å². The van der Waals surface area contributed by atoms with Crippen molar-refractivity contribution in [3.63, 3.8) is 0 Å². The van der Waals surface area contributed by atoms with E-state index in [9.17, 15) is 23.5 Å². The van der Waals surface area contributed by atoms with E-state index in [-0.39, 0.29) is 30.5 Å². The molecule has 0 unspecified atom stereocenters. The molecular formula is C33H41F2N3O3. The first-order chi connectivity index (χ1) is 19.5. The largest absolute Gasteiger partial charge is 0.390 e. The molecule has 0 aliphatic heterocycles. The number of nitrogens with one attached hydrogen (secondary N) is 2. The number of amides is 2. The van der Waals surface area contributed by atoms with Gasteiger partial charge >= 0.3 is 0 Å².